The summed E-state index contributed by atoms with van der Waals surface area (Å²) in [5.41, 5.74) is 1.24. The number of tetrazole rings is 1. The Balaban J connectivity index is 1.54. The minimum atomic E-state index is -1.03. The molecule has 0 radical (unpaired) electrons. The summed E-state index contributed by atoms with van der Waals surface area (Å²) in [4.78, 5) is 0. The maximum Gasteiger partial charge on any atom is 0.214 e. The van der Waals surface area contributed by atoms with Gasteiger partial charge in [0, 0.05) is 5.75 Å². The molecule has 0 spiro atoms. The first kappa shape index (κ1) is 21.5. The quantitative estimate of drug-likeness (QED) is 0.469. The number of nitrogens with zero attached hydrogens (tertiary/aromatic N) is 4. The summed E-state index contributed by atoms with van der Waals surface area (Å²) in [5, 5.41) is 13.2. The second-order valence-corrected chi connectivity index (χ2v) is 12.6. The van der Waals surface area contributed by atoms with E-state index in [0.29, 0.717) is 12.0 Å². The van der Waals surface area contributed by atoms with E-state index >= 15 is 0 Å². The van der Waals surface area contributed by atoms with Gasteiger partial charge in [-0.15, -0.1) is 5.10 Å². The van der Waals surface area contributed by atoms with Crippen LogP contribution in [-0.4, -0.2) is 41.1 Å². The van der Waals surface area contributed by atoms with Crippen molar-refractivity contribution in [1.82, 2.24) is 20.2 Å². The van der Waals surface area contributed by atoms with Crippen molar-refractivity contribution in [2.24, 2.45) is 17.3 Å². The van der Waals surface area contributed by atoms with Crippen molar-refractivity contribution in [3.05, 3.63) is 30.3 Å². The zero-order valence-electron chi connectivity index (χ0n) is 17.8. The number of para-hydroxylation sites is 1. The van der Waals surface area contributed by atoms with Gasteiger partial charge in [-0.2, -0.15) is 4.68 Å². The van der Waals surface area contributed by atoms with E-state index in [9.17, 15) is 0 Å². The monoisotopic (exact) mass is 418 g/mol. The van der Waals surface area contributed by atoms with Crippen LogP contribution in [0.4, 0.5) is 0 Å². The highest BCUT2D eigenvalue weighted by Crippen LogP contribution is 2.40. The molecule has 1 heterocycles. The van der Waals surface area contributed by atoms with Gasteiger partial charge in [0.1, 0.15) is 0 Å². The molecule has 28 heavy (non-hydrogen) atoms. The molecule has 0 amide bonds. The summed E-state index contributed by atoms with van der Waals surface area (Å²) in [6.45, 7) is 11.6. The van der Waals surface area contributed by atoms with Crippen LogP contribution < -0.4 is 0 Å². The Hall–Kier alpha value is -1.18. The second kappa shape index (κ2) is 9.54. The van der Waals surface area contributed by atoms with Crippen LogP contribution in [0.1, 0.15) is 46.5 Å². The van der Waals surface area contributed by atoms with Crippen molar-refractivity contribution in [3.8, 4) is 5.69 Å². The Labute approximate surface area is 175 Å². The fourth-order valence-electron chi connectivity index (χ4n) is 4.17. The van der Waals surface area contributed by atoms with Gasteiger partial charge in [-0.05, 0) is 78.6 Å². The van der Waals surface area contributed by atoms with Crippen molar-refractivity contribution < 1.29 is 4.43 Å². The normalized spacial score (nSPS) is 21.8. The minimum absolute atomic E-state index is 0.224. The fraction of sp³-hybridized carbons (Fsp3) is 0.667. The second-order valence-electron chi connectivity index (χ2n) is 9.27. The first-order valence-corrected chi connectivity index (χ1v) is 14.2. The Morgan fingerprint density at radius 2 is 1.82 bits per heavy atom. The lowest BCUT2D eigenvalue weighted by Gasteiger charge is -2.41. The molecule has 5 nitrogen and oxygen atoms in total. The molecule has 1 aliphatic rings. The first-order chi connectivity index (χ1) is 13.3. The van der Waals surface area contributed by atoms with Gasteiger partial charge in [-0.25, -0.2) is 0 Å². The standard InChI is InChI=1S/C21H34N4OSSi/c1-21(2,3)19(26-28(4)5)17-13-11-16(12-14-17)15-27-20-22-23-24-25(20)18-9-7-6-8-10-18/h6-10,16-17,19,28H,11-15H2,1-5H3. The molecule has 0 saturated heterocycles. The van der Waals surface area contributed by atoms with Crippen LogP contribution >= 0.6 is 11.8 Å². The summed E-state index contributed by atoms with van der Waals surface area (Å²) < 4.78 is 8.32. The van der Waals surface area contributed by atoms with Gasteiger partial charge in [0.05, 0.1) is 11.8 Å². The number of hydrogen-bond acceptors (Lipinski definition) is 5. The molecule has 1 saturated carbocycles. The lowest BCUT2D eigenvalue weighted by molar-refractivity contribution is 0.0127. The molecule has 3 rings (SSSR count). The van der Waals surface area contributed by atoms with Crippen LogP contribution in [0.3, 0.4) is 0 Å². The molecule has 0 aliphatic heterocycles. The van der Waals surface area contributed by atoms with Gasteiger partial charge in [0.2, 0.25) is 5.16 Å². The van der Waals surface area contributed by atoms with E-state index < -0.39 is 9.04 Å². The third kappa shape index (κ3) is 5.67. The van der Waals surface area contributed by atoms with E-state index in [2.05, 4.69) is 49.4 Å². The Morgan fingerprint density at radius 1 is 1.14 bits per heavy atom. The molecule has 0 bridgehead atoms. The van der Waals surface area contributed by atoms with Gasteiger partial charge >= 0.3 is 0 Å². The minimum Gasteiger partial charge on any atom is -0.417 e. The van der Waals surface area contributed by atoms with Gasteiger partial charge in [0.15, 0.2) is 9.04 Å². The highest BCUT2D eigenvalue weighted by Gasteiger charge is 2.36. The third-order valence-corrected chi connectivity index (χ3v) is 7.47. The van der Waals surface area contributed by atoms with Gasteiger partial charge in [-0.3, -0.25) is 0 Å². The molecule has 2 aromatic rings. The molecule has 1 fully saturated rings. The number of hydrogen-bond donors (Lipinski definition) is 0. The van der Waals surface area contributed by atoms with Gasteiger partial charge in [0.25, 0.3) is 0 Å². The molecule has 1 aromatic carbocycles. The Morgan fingerprint density at radius 3 is 2.43 bits per heavy atom. The summed E-state index contributed by atoms with van der Waals surface area (Å²) >= 11 is 1.78. The topological polar surface area (TPSA) is 52.8 Å². The van der Waals surface area contributed by atoms with Crippen molar-refractivity contribution >= 4 is 20.8 Å². The van der Waals surface area contributed by atoms with Crippen LogP contribution in [0.2, 0.25) is 13.1 Å². The van der Waals surface area contributed by atoms with Crippen molar-refractivity contribution in [1.29, 1.82) is 0 Å². The van der Waals surface area contributed by atoms with Crippen molar-refractivity contribution in [3.63, 3.8) is 0 Å². The smallest absolute Gasteiger partial charge is 0.214 e. The van der Waals surface area contributed by atoms with Crippen molar-refractivity contribution in [2.75, 3.05) is 5.75 Å². The zero-order valence-corrected chi connectivity index (χ0v) is 19.8. The average molecular weight is 419 g/mol. The van der Waals surface area contributed by atoms with E-state index in [0.717, 1.165) is 22.5 Å². The summed E-state index contributed by atoms with van der Waals surface area (Å²) in [6, 6.07) is 10.1. The van der Waals surface area contributed by atoms with Crippen LogP contribution in [0.5, 0.6) is 0 Å². The third-order valence-electron chi connectivity index (χ3n) is 5.48. The summed E-state index contributed by atoms with van der Waals surface area (Å²) in [6.07, 6.45) is 5.51. The lowest BCUT2D eigenvalue weighted by atomic mass is 9.73. The van der Waals surface area contributed by atoms with Crippen molar-refractivity contribution in [2.45, 2.75) is 70.8 Å². The number of thioether (sulfide) groups is 1. The molecular formula is C21H34N4OSSi. The molecule has 154 valence electrons. The highest BCUT2D eigenvalue weighted by molar-refractivity contribution is 7.99. The van der Waals surface area contributed by atoms with Gasteiger partial charge in [-0.1, -0.05) is 50.7 Å². The molecule has 7 heteroatoms. The van der Waals surface area contributed by atoms with E-state index in [1.165, 1.54) is 25.7 Å². The zero-order chi connectivity index (χ0) is 20.1. The van der Waals surface area contributed by atoms with E-state index in [1.807, 2.05) is 35.0 Å². The van der Waals surface area contributed by atoms with Crippen LogP contribution in [0.25, 0.3) is 5.69 Å². The Kier molecular flexibility index (Phi) is 7.34. The molecule has 1 aliphatic carbocycles. The van der Waals surface area contributed by atoms with E-state index in [1.54, 1.807) is 11.8 Å². The molecule has 1 atom stereocenters. The largest absolute Gasteiger partial charge is 0.417 e. The Bertz CT molecular complexity index is 724. The van der Waals surface area contributed by atoms with E-state index in [-0.39, 0.29) is 5.41 Å². The van der Waals surface area contributed by atoms with Crippen LogP contribution in [-0.2, 0) is 4.43 Å². The number of rotatable bonds is 7. The average Bonchev–Trinajstić information content (AvgIpc) is 3.13. The predicted molar refractivity (Wildman–Crippen MR) is 119 cm³/mol. The summed E-state index contributed by atoms with van der Waals surface area (Å²) in [7, 11) is -1.03. The molecular weight excluding hydrogens is 384 g/mol. The maximum atomic E-state index is 6.48. The van der Waals surface area contributed by atoms with Crippen LogP contribution in [0, 0.1) is 17.3 Å². The van der Waals surface area contributed by atoms with E-state index in [4.69, 9.17) is 4.43 Å². The summed E-state index contributed by atoms with van der Waals surface area (Å²) in [5.74, 6) is 2.52. The molecule has 1 aromatic heterocycles. The highest BCUT2D eigenvalue weighted by atomic mass is 32.2. The lowest BCUT2D eigenvalue weighted by Crippen LogP contribution is -2.41. The number of benzene rings is 1. The molecule has 1 unspecified atom stereocenters. The molecule has 0 N–H and O–H groups in total. The van der Waals surface area contributed by atoms with Crippen LogP contribution in [0.15, 0.2) is 35.5 Å². The first-order valence-electron chi connectivity index (χ1n) is 10.5. The maximum absolute atomic E-state index is 6.48. The predicted octanol–water partition coefficient (Wildman–Crippen LogP) is 4.98. The SMILES string of the molecule is C[SiH](C)OC(C1CCC(CSc2nnnn2-c2ccccc2)CC1)C(C)(C)C. The number of aromatic nitrogens is 4. The van der Waals surface area contributed by atoms with Gasteiger partial charge < -0.3 is 4.43 Å². The fourth-order valence-corrected chi connectivity index (χ4v) is 6.46.